The van der Waals surface area contributed by atoms with Gasteiger partial charge >= 0.3 is 0 Å². The summed E-state index contributed by atoms with van der Waals surface area (Å²) in [4.78, 5) is 15.7. The first-order chi connectivity index (χ1) is 11.1. The zero-order chi connectivity index (χ0) is 16.7. The number of aromatic nitrogens is 1. The van der Waals surface area contributed by atoms with E-state index in [1.54, 1.807) is 30.6 Å². The first kappa shape index (κ1) is 17.4. The van der Waals surface area contributed by atoms with Crippen LogP contribution in [0.5, 0.6) is 5.75 Å². The molecular weight excluding hydrogens is 426 g/mol. The third kappa shape index (κ3) is 5.01. The molecule has 0 unspecified atom stereocenters. The largest absolute Gasteiger partial charge is 0.487 e. The van der Waals surface area contributed by atoms with Gasteiger partial charge in [0.05, 0.1) is 20.7 Å². The van der Waals surface area contributed by atoms with Crippen molar-refractivity contribution in [2.45, 2.75) is 0 Å². The number of hydrogen-bond donors (Lipinski definition) is 1. The predicted molar refractivity (Wildman–Crippen MR) is 96.8 cm³/mol. The number of carbonyl (C=O) groups is 1. The van der Waals surface area contributed by atoms with Crippen LogP contribution in [0.2, 0.25) is 0 Å². The van der Waals surface area contributed by atoms with Crippen LogP contribution in [0.15, 0.2) is 63.4 Å². The van der Waals surface area contributed by atoms with Crippen LogP contribution in [0.1, 0.15) is 15.9 Å². The number of nitrogens with zero attached hydrogens (tertiary/aromatic N) is 2. The second kappa shape index (κ2) is 8.59. The number of nitrogens with one attached hydrogen (secondary N) is 1. The molecule has 2 aromatic rings. The number of pyridine rings is 1. The molecule has 1 aromatic heterocycles. The molecule has 1 amide bonds. The lowest BCUT2D eigenvalue weighted by Crippen LogP contribution is -2.17. The summed E-state index contributed by atoms with van der Waals surface area (Å²) in [5.41, 5.74) is 3.69. The van der Waals surface area contributed by atoms with Crippen molar-refractivity contribution in [3.05, 3.63) is 69.4 Å². The van der Waals surface area contributed by atoms with Gasteiger partial charge in [-0.25, -0.2) is 5.43 Å². The van der Waals surface area contributed by atoms with Crippen molar-refractivity contribution in [1.82, 2.24) is 10.4 Å². The molecule has 0 fully saturated rings. The van der Waals surface area contributed by atoms with Crippen LogP contribution in [0.3, 0.4) is 0 Å². The fourth-order valence-electron chi connectivity index (χ4n) is 1.66. The maximum atomic E-state index is 11.8. The zero-order valence-electron chi connectivity index (χ0n) is 12.0. The monoisotopic (exact) mass is 437 g/mol. The summed E-state index contributed by atoms with van der Waals surface area (Å²) < 4.78 is 7.08. The molecular formula is C16H13Br2N3O2. The maximum absolute atomic E-state index is 11.8. The number of hydrazone groups is 1. The number of benzene rings is 1. The Bertz CT molecular complexity index is 710. The molecule has 0 atom stereocenters. The lowest BCUT2D eigenvalue weighted by Gasteiger charge is -2.09. The van der Waals surface area contributed by atoms with Crippen LogP contribution in [0.25, 0.3) is 0 Å². The Morgan fingerprint density at radius 3 is 2.74 bits per heavy atom. The normalized spacial score (nSPS) is 10.5. The van der Waals surface area contributed by atoms with E-state index in [1.807, 2.05) is 12.1 Å². The van der Waals surface area contributed by atoms with Crippen molar-refractivity contribution in [2.75, 3.05) is 6.61 Å². The molecule has 2 rings (SSSR count). The molecule has 0 aliphatic carbocycles. The SMILES string of the molecule is C=CCOc1c(Br)cc(/C=N\NC(=O)c2cccnc2)cc1Br. The summed E-state index contributed by atoms with van der Waals surface area (Å²) in [6.45, 7) is 4.02. The van der Waals surface area contributed by atoms with Crippen molar-refractivity contribution in [3.8, 4) is 5.75 Å². The highest BCUT2D eigenvalue weighted by atomic mass is 79.9. The average Bonchev–Trinajstić information content (AvgIpc) is 2.55. The van der Waals surface area contributed by atoms with Crippen molar-refractivity contribution in [2.24, 2.45) is 5.10 Å². The van der Waals surface area contributed by atoms with E-state index in [4.69, 9.17) is 4.74 Å². The maximum Gasteiger partial charge on any atom is 0.272 e. The van der Waals surface area contributed by atoms with Gasteiger partial charge in [0.25, 0.3) is 5.91 Å². The van der Waals surface area contributed by atoms with Crippen LogP contribution in [0.4, 0.5) is 0 Å². The number of ether oxygens (including phenoxy) is 1. The lowest BCUT2D eigenvalue weighted by molar-refractivity contribution is 0.0955. The van der Waals surface area contributed by atoms with Crippen LogP contribution in [-0.4, -0.2) is 23.7 Å². The van der Waals surface area contributed by atoms with Crippen molar-refractivity contribution in [3.63, 3.8) is 0 Å². The molecule has 0 saturated heterocycles. The molecule has 1 heterocycles. The summed E-state index contributed by atoms with van der Waals surface area (Å²) in [5, 5.41) is 3.94. The molecule has 23 heavy (non-hydrogen) atoms. The zero-order valence-corrected chi connectivity index (χ0v) is 15.2. The Balaban J connectivity index is 2.05. The number of halogens is 2. The van der Waals surface area contributed by atoms with E-state index in [2.05, 4.69) is 54.0 Å². The van der Waals surface area contributed by atoms with E-state index in [0.717, 1.165) is 14.5 Å². The third-order valence-electron chi connectivity index (χ3n) is 2.67. The second-order valence-corrected chi connectivity index (χ2v) is 6.06. The van der Waals surface area contributed by atoms with Gasteiger partial charge in [-0.1, -0.05) is 12.7 Å². The minimum Gasteiger partial charge on any atom is -0.487 e. The Kier molecular flexibility index (Phi) is 6.49. The Labute approximate surface area is 150 Å². The summed E-state index contributed by atoms with van der Waals surface area (Å²) in [6.07, 6.45) is 6.29. The Morgan fingerprint density at radius 2 is 2.13 bits per heavy atom. The van der Waals surface area contributed by atoms with Gasteiger partial charge in [-0.15, -0.1) is 0 Å². The molecule has 118 valence electrons. The molecule has 7 heteroatoms. The van der Waals surface area contributed by atoms with Gasteiger partial charge in [-0.3, -0.25) is 9.78 Å². The summed E-state index contributed by atoms with van der Waals surface area (Å²) in [7, 11) is 0. The molecule has 1 aromatic carbocycles. The second-order valence-electron chi connectivity index (χ2n) is 4.35. The van der Waals surface area contributed by atoms with E-state index in [-0.39, 0.29) is 5.91 Å². The highest BCUT2D eigenvalue weighted by Crippen LogP contribution is 2.34. The van der Waals surface area contributed by atoms with Crippen LogP contribution < -0.4 is 10.2 Å². The number of hydrogen-bond acceptors (Lipinski definition) is 4. The van der Waals surface area contributed by atoms with Crippen LogP contribution >= 0.6 is 31.9 Å². The molecule has 5 nitrogen and oxygen atoms in total. The Morgan fingerprint density at radius 1 is 1.39 bits per heavy atom. The summed E-state index contributed by atoms with van der Waals surface area (Å²) in [6, 6.07) is 7.03. The van der Waals surface area contributed by atoms with E-state index in [0.29, 0.717) is 17.9 Å². The van der Waals surface area contributed by atoms with Gasteiger partial charge in [0.1, 0.15) is 12.4 Å². The van der Waals surface area contributed by atoms with Gasteiger partial charge < -0.3 is 4.74 Å². The number of carbonyl (C=O) groups excluding carboxylic acids is 1. The third-order valence-corrected chi connectivity index (χ3v) is 3.85. The minimum atomic E-state index is -0.321. The summed E-state index contributed by atoms with van der Waals surface area (Å²) in [5.74, 6) is 0.361. The molecule has 0 radical (unpaired) electrons. The average molecular weight is 439 g/mol. The number of rotatable bonds is 6. The number of amides is 1. The molecule has 0 bridgehead atoms. The highest BCUT2D eigenvalue weighted by molar-refractivity contribution is 9.11. The van der Waals surface area contributed by atoms with Crippen molar-refractivity contribution in [1.29, 1.82) is 0 Å². The molecule has 0 aliphatic rings. The van der Waals surface area contributed by atoms with Gasteiger partial charge in [-0.05, 0) is 61.7 Å². The van der Waals surface area contributed by atoms with Gasteiger partial charge in [0, 0.05) is 12.4 Å². The van der Waals surface area contributed by atoms with Gasteiger partial charge in [0.15, 0.2) is 0 Å². The fourth-order valence-corrected chi connectivity index (χ4v) is 3.11. The topological polar surface area (TPSA) is 63.6 Å². The van der Waals surface area contributed by atoms with Crippen molar-refractivity contribution >= 4 is 44.0 Å². The summed E-state index contributed by atoms with van der Waals surface area (Å²) >= 11 is 6.88. The van der Waals surface area contributed by atoms with Gasteiger partial charge in [0.2, 0.25) is 0 Å². The van der Waals surface area contributed by atoms with E-state index in [1.165, 1.54) is 6.20 Å². The van der Waals surface area contributed by atoms with E-state index in [9.17, 15) is 4.79 Å². The predicted octanol–water partition coefficient (Wildman–Crippen LogP) is 3.94. The quantitative estimate of drug-likeness (QED) is 0.422. The fraction of sp³-hybridized carbons (Fsp3) is 0.0625. The van der Waals surface area contributed by atoms with E-state index < -0.39 is 0 Å². The first-order valence-electron chi connectivity index (χ1n) is 6.58. The molecule has 1 N–H and O–H groups in total. The highest BCUT2D eigenvalue weighted by Gasteiger charge is 2.08. The minimum absolute atomic E-state index is 0.321. The Hall–Kier alpha value is -1.99. The lowest BCUT2D eigenvalue weighted by atomic mass is 10.2. The standard InChI is InChI=1S/C16H13Br2N3O2/c1-2-6-23-15-13(17)7-11(8-14(15)18)9-20-21-16(22)12-4-3-5-19-10-12/h2-5,7-10H,1,6H2,(H,21,22)/b20-9-. The van der Waals surface area contributed by atoms with Gasteiger partial charge in [-0.2, -0.15) is 5.10 Å². The molecule has 0 saturated carbocycles. The van der Waals surface area contributed by atoms with Crippen LogP contribution in [0, 0.1) is 0 Å². The van der Waals surface area contributed by atoms with Crippen molar-refractivity contribution < 1.29 is 9.53 Å². The smallest absolute Gasteiger partial charge is 0.272 e. The van der Waals surface area contributed by atoms with Crippen LogP contribution in [-0.2, 0) is 0 Å². The molecule has 0 aliphatic heterocycles. The first-order valence-corrected chi connectivity index (χ1v) is 8.16. The van der Waals surface area contributed by atoms with E-state index >= 15 is 0 Å². The molecule has 0 spiro atoms.